The molecule has 2 aromatic rings. The van der Waals surface area contributed by atoms with Crippen LogP contribution in [-0.2, 0) is 6.42 Å². The molecule has 0 aromatic heterocycles. The van der Waals surface area contributed by atoms with Gasteiger partial charge in [-0.05, 0) is 48.7 Å². The van der Waals surface area contributed by atoms with Gasteiger partial charge < -0.3 is 4.74 Å². The van der Waals surface area contributed by atoms with Gasteiger partial charge in [-0.15, -0.1) is 0 Å². The van der Waals surface area contributed by atoms with Gasteiger partial charge in [0, 0.05) is 6.07 Å². The van der Waals surface area contributed by atoms with Crippen molar-refractivity contribution < 1.29 is 13.5 Å². The van der Waals surface area contributed by atoms with E-state index in [-0.39, 0.29) is 0 Å². The molecule has 0 saturated carbocycles. The van der Waals surface area contributed by atoms with Crippen molar-refractivity contribution in [2.45, 2.75) is 20.3 Å². The molecule has 0 spiro atoms. The van der Waals surface area contributed by atoms with Crippen LogP contribution in [0.3, 0.4) is 0 Å². The molecule has 0 bridgehead atoms. The molecule has 1 nitrogen and oxygen atoms in total. The first-order chi connectivity index (χ1) is 8.60. The molecule has 3 heteroatoms. The zero-order valence-corrected chi connectivity index (χ0v) is 10.3. The lowest BCUT2D eigenvalue weighted by Crippen LogP contribution is -1.91. The molecule has 0 saturated heterocycles. The molecule has 0 aliphatic carbocycles. The third kappa shape index (κ3) is 2.67. The van der Waals surface area contributed by atoms with Crippen molar-refractivity contribution in [3.05, 3.63) is 59.2 Å². The molecule has 0 amide bonds. The normalized spacial score (nSPS) is 10.4. The van der Waals surface area contributed by atoms with Crippen LogP contribution in [0.2, 0.25) is 0 Å². The predicted molar refractivity (Wildman–Crippen MR) is 67.0 cm³/mol. The van der Waals surface area contributed by atoms with Crippen LogP contribution in [0.15, 0.2) is 36.4 Å². The Balaban J connectivity index is 2.25. The summed E-state index contributed by atoms with van der Waals surface area (Å²) >= 11 is 0. The Morgan fingerprint density at radius 1 is 0.944 bits per heavy atom. The summed E-state index contributed by atoms with van der Waals surface area (Å²) in [7, 11) is 0. The maximum atomic E-state index is 13.0. The summed E-state index contributed by atoms with van der Waals surface area (Å²) in [6.07, 6.45) is 0.904. The second-order valence-corrected chi connectivity index (χ2v) is 4.12. The molecular weight excluding hydrogens is 234 g/mol. The summed E-state index contributed by atoms with van der Waals surface area (Å²) in [5, 5.41) is 0. The lowest BCUT2D eigenvalue weighted by Gasteiger charge is -2.09. The molecule has 0 aliphatic rings. The van der Waals surface area contributed by atoms with Gasteiger partial charge in [0.05, 0.1) is 0 Å². The Kier molecular flexibility index (Phi) is 3.60. The van der Waals surface area contributed by atoms with Crippen LogP contribution >= 0.6 is 0 Å². The van der Waals surface area contributed by atoms with Gasteiger partial charge in [-0.3, -0.25) is 0 Å². The van der Waals surface area contributed by atoms with E-state index < -0.39 is 11.6 Å². The lowest BCUT2D eigenvalue weighted by molar-refractivity contribution is 0.461. The quantitative estimate of drug-likeness (QED) is 0.769. The minimum atomic E-state index is -0.907. The monoisotopic (exact) mass is 248 g/mol. The van der Waals surface area contributed by atoms with Crippen LogP contribution in [0.5, 0.6) is 11.5 Å². The molecular formula is C15H14F2O. The van der Waals surface area contributed by atoms with E-state index in [1.165, 1.54) is 17.2 Å². The second-order valence-electron chi connectivity index (χ2n) is 4.12. The van der Waals surface area contributed by atoms with Crippen LogP contribution < -0.4 is 4.74 Å². The smallest absolute Gasteiger partial charge is 0.162 e. The van der Waals surface area contributed by atoms with Crippen LogP contribution in [0.4, 0.5) is 8.78 Å². The number of aryl methyl sites for hydroxylation is 2. The van der Waals surface area contributed by atoms with Gasteiger partial charge in [0.1, 0.15) is 11.5 Å². The average molecular weight is 248 g/mol. The van der Waals surface area contributed by atoms with Gasteiger partial charge in [0.2, 0.25) is 0 Å². The minimum Gasteiger partial charge on any atom is -0.457 e. The fourth-order valence-electron chi connectivity index (χ4n) is 1.77. The highest BCUT2D eigenvalue weighted by atomic mass is 19.2. The predicted octanol–water partition coefficient (Wildman–Crippen LogP) is 4.63. The Hall–Kier alpha value is -1.90. The van der Waals surface area contributed by atoms with Gasteiger partial charge in [0.15, 0.2) is 11.6 Å². The summed E-state index contributed by atoms with van der Waals surface area (Å²) in [5.41, 5.74) is 2.37. The first-order valence-corrected chi connectivity index (χ1v) is 5.82. The molecule has 0 atom stereocenters. The van der Waals surface area contributed by atoms with Gasteiger partial charge in [-0.25, -0.2) is 8.78 Å². The molecule has 94 valence electrons. The first kappa shape index (κ1) is 12.6. The summed E-state index contributed by atoms with van der Waals surface area (Å²) in [5.74, 6) is -0.862. The summed E-state index contributed by atoms with van der Waals surface area (Å²) in [6, 6.07) is 9.19. The summed E-state index contributed by atoms with van der Waals surface area (Å²) in [4.78, 5) is 0. The molecule has 0 aliphatic heterocycles. The number of ether oxygens (including phenoxy) is 1. The van der Waals surface area contributed by atoms with Crippen molar-refractivity contribution in [2.75, 3.05) is 0 Å². The molecule has 0 radical (unpaired) electrons. The SMILES string of the molecule is CCc1cc(Oc2ccc(F)c(F)c2)ccc1C. The maximum absolute atomic E-state index is 13.0. The van der Waals surface area contributed by atoms with E-state index in [1.807, 2.05) is 25.1 Å². The highest BCUT2D eigenvalue weighted by Crippen LogP contribution is 2.25. The zero-order valence-electron chi connectivity index (χ0n) is 10.3. The van der Waals surface area contributed by atoms with Crippen molar-refractivity contribution in [3.8, 4) is 11.5 Å². The summed E-state index contributed by atoms with van der Waals surface area (Å²) in [6.45, 7) is 4.09. The van der Waals surface area contributed by atoms with Crippen LogP contribution in [0, 0.1) is 18.6 Å². The van der Waals surface area contributed by atoms with E-state index in [1.54, 1.807) is 0 Å². The van der Waals surface area contributed by atoms with Crippen molar-refractivity contribution in [1.29, 1.82) is 0 Å². The van der Waals surface area contributed by atoms with Gasteiger partial charge in [-0.1, -0.05) is 13.0 Å². The highest BCUT2D eigenvalue weighted by Gasteiger charge is 2.05. The topological polar surface area (TPSA) is 9.23 Å². The fourth-order valence-corrected chi connectivity index (χ4v) is 1.77. The zero-order chi connectivity index (χ0) is 13.1. The number of hydrogen-bond acceptors (Lipinski definition) is 1. The van der Waals surface area contributed by atoms with E-state index >= 15 is 0 Å². The van der Waals surface area contributed by atoms with Crippen molar-refractivity contribution in [3.63, 3.8) is 0 Å². The van der Waals surface area contributed by atoms with E-state index in [2.05, 4.69) is 6.92 Å². The average Bonchev–Trinajstić information content (AvgIpc) is 2.36. The standard InChI is InChI=1S/C15H14F2O/c1-3-11-8-12(5-4-10(11)2)18-13-6-7-14(16)15(17)9-13/h4-9H,3H2,1-2H3. The van der Waals surface area contributed by atoms with Gasteiger partial charge in [-0.2, -0.15) is 0 Å². The van der Waals surface area contributed by atoms with E-state index in [0.717, 1.165) is 18.6 Å². The van der Waals surface area contributed by atoms with Crippen LogP contribution in [0.1, 0.15) is 18.1 Å². The third-order valence-corrected chi connectivity index (χ3v) is 2.83. The molecule has 0 fully saturated rings. The van der Waals surface area contributed by atoms with E-state index in [4.69, 9.17) is 4.74 Å². The van der Waals surface area contributed by atoms with Gasteiger partial charge in [0.25, 0.3) is 0 Å². The largest absolute Gasteiger partial charge is 0.457 e. The Morgan fingerprint density at radius 2 is 1.61 bits per heavy atom. The molecule has 18 heavy (non-hydrogen) atoms. The van der Waals surface area contributed by atoms with Crippen molar-refractivity contribution in [1.82, 2.24) is 0 Å². The highest BCUT2D eigenvalue weighted by molar-refractivity contribution is 5.38. The number of benzene rings is 2. The lowest BCUT2D eigenvalue weighted by atomic mass is 10.1. The van der Waals surface area contributed by atoms with E-state index in [9.17, 15) is 8.78 Å². The van der Waals surface area contributed by atoms with Crippen LogP contribution in [0.25, 0.3) is 0 Å². The Morgan fingerprint density at radius 3 is 2.28 bits per heavy atom. The van der Waals surface area contributed by atoms with E-state index in [0.29, 0.717) is 11.5 Å². The number of halogens is 2. The van der Waals surface area contributed by atoms with Crippen molar-refractivity contribution in [2.24, 2.45) is 0 Å². The summed E-state index contributed by atoms with van der Waals surface area (Å²) < 4.78 is 31.3. The minimum absolute atomic E-state index is 0.291. The molecule has 2 aromatic carbocycles. The number of rotatable bonds is 3. The van der Waals surface area contributed by atoms with Crippen LogP contribution in [-0.4, -0.2) is 0 Å². The molecule has 0 unspecified atom stereocenters. The fraction of sp³-hybridized carbons (Fsp3) is 0.200. The third-order valence-electron chi connectivity index (χ3n) is 2.83. The molecule has 0 heterocycles. The number of hydrogen-bond donors (Lipinski definition) is 0. The van der Waals surface area contributed by atoms with Gasteiger partial charge >= 0.3 is 0 Å². The first-order valence-electron chi connectivity index (χ1n) is 5.82. The maximum Gasteiger partial charge on any atom is 0.162 e. The molecule has 0 N–H and O–H groups in total. The molecule has 2 rings (SSSR count). The Bertz CT molecular complexity index is 564. The Labute approximate surface area is 105 Å². The second kappa shape index (κ2) is 5.17. The van der Waals surface area contributed by atoms with Crippen molar-refractivity contribution >= 4 is 0 Å².